The molecule has 1 saturated heterocycles. The molecule has 0 N–H and O–H groups in total. The van der Waals surface area contributed by atoms with Crippen LogP contribution in [0.2, 0.25) is 0 Å². The lowest BCUT2D eigenvalue weighted by molar-refractivity contribution is -0.0741. The topological polar surface area (TPSA) is 29.5 Å². The van der Waals surface area contributed by atoms with Gasteiger partial charge in [-0.1, -0.05) is 66.7 Å². The first-order valence-electron chi connectivity index (χ1n) is 10.4. The number of carbonyl (C=O) groups is 1. The molecule has 1 amide bonds. The maximum Gasteiger partial charge on any atom is 0.253 e. The molecule has 0 saturated carbocycles. The number of fused-ring (bicyclic) bond motifs is 2. The van der Waals surface area contributed by atoms with Gasteiger partial charge in [0, 0.05) is 18.7 Å². The minimum atomic E-state index is -0.201. The zero-order valence-electron chi connectivity index (χ0n) is 16.5. The van der Waals surface area contributed by atoms with E-state index >= 15 is 0 Å². The summed E-state index contributed by atoms with van der Waals surface area (Å²) in [5, 5.41) is 0. The minimum Gasteiger partial charge on any atom is -0.365 e. The van der Waals surface area contributed by atoms with E-state index in [0.717, 1.165) is 37.9 Å². The third-order valence-electron chi connectivity index (χ3n) is 6.32. The van der Waals surface area contributed by atoms with Gasteiger partial charge in [-0.2, -0.15) is 0 Å². The van der Waals surface area contributed by atoms with Gasteiger partial charge >= 0.3 is 0 Å². The van der Waals surface area contributed by atoms with E-state index < -0.39 is 0 Å². The number of carbonyl (C=O) groups excluding carboxylic acids is 1. The summed E-state index contributed by atoms with van der Waals surface area (Å²) in [5.74, 6) is 0.123. The van der Waals surface area contributed by atoms with Crippen molar-refractivity contribution < 1.29 is 9.53 Å². The van der Waals surface area contributed by atoms with E-state index in [9.17, 15) is 4.79 Å². The van der Waals surface area contributed by atoms with Gasteiger partial charge in [0.05, 0.1) is 12.2 Å². The van der Waals surface area contributed by atoms with E-state index in [1.807, 2.05) is 23.1 Å². The monoisotopic (exact) mass is 383 g/mol. The number of ether oxygens (including phenoxy) is 1. The maximum absolute atomic E-state index is 13.0. The highest BCUT2D eigenvalue weighted by Crippen LogP contribution is 2.44. The summed E-state index contributed by atoms with van der Waals surface area (Å²) in [6, 6.07) is 27.0. The summed E-state index contributed by atoms with van der Waals surface area (Å²) >= 11 is 0. The van der Waals surface area contributed by atoms with Crippen molar-refractivity contribution in [1.82, 2.24) is 4.90 Å². The van der Waals surface area contributed by atoms with Crippen molar-refractivity contribution in [1.29, 1.82) is 0 Å². The van der Waals surface area contributed by atoms with Gasteiger partial charge in [-0.05, 0) is 53.6 Å². The first kappa shape index (κ1) is 18.1. The summed E-state index contributed by atoms with van der Waals surface area (Å²) in [4.78, 5) is 15.0. The van der Waals surface area contributed by atoms with Crippen molar-refractivity contribution in [3.63, 3.8) is 0 Å². The Kier molecular flexibility index (Phi) is 4.69. The van der Waals surface area contributed by atoms with Crippen molar-refractivity contribution in [3.05, 3.63) is 107 Å². The van der Waals surface area contributed by atoms with Crippen molar-refractivity contribution in [2.24, 2.45) is 0 Å². The number of piperidine rings is 1. The highest BCUT2D eigenvalue weighted by atomic mass is 16.5. The Morgan fingerprint density at radius 1 is 0.828 bits per heavy atom. The van der Waals surface area contributed by atoms with Crippen LogP contribution in [0.4, 0.5) is 0 Å². The first-order valence-corrected chi connectivity index (χ1v) is 10.4. The Bertz CT molecular complexity index is 1000. The van der Waals surface area contributed by atoms with Gasteiger partial charge in [-0.15, -0.1) is 0 Å². The van der Waals surface area contributed by atoms with Crippen molar-refractivity contribution in [2.45, 2.75) is 31.5 Å². The molecule has 2 heterocycles. The average molecular weight is 383 g/mol. The molecule has 1 spiro atoms. The van der Waals surface area contributed by atoms with Crippen LogP contribution < -0.4 is 0 Å². The Hall–Kier alpha value is -2.91. The number of amides is 1. The van der Waals surface area contributed by atoms with Crippen LogP contribution in [-0.2, 0) is 23.4 Å². The van der Waals surface area contributed by atoms with Crippen LogP contribution in [0.15, 0.2) is 78.9 Å². The number of benzene rings is 3. The fourth-order valence-corrected chi connectivity index (χ4v) is 4.65. The predicted molar refractivity (Wildman–Crippen MR) is 114 cm³/mol. The van der Waals surface area contributed by atoms with E-state index in [4.69, 9.17) is 4.74 Å². The van der Waals surface area contributed by atoms with Gasteiger partial charge in [-0.25, -0.2) is 0 Å². The summed E-state index contributed by atoms with van der Waals surface area (Å²) in [6.07, 6.45) is 2.61. The number of hydrogen-bond acceptors (Lipinski definition) is 2. The molecule has 0 bridgehead atoms. The molecule has 1 fully saturated rings. The SMILES string of the molecule is O=C(c1ccc(Cc2ccccc2)cc1)N1CCC2(CC1)OCc1ccccc12. The largest absolute Gasteiger partial charge is 0.365 e. The molecule has 2 aliphatic heterocycles. The standard InChI is InChI=1S/C26H25NO2/c28-25(22-12-10-21(11-13-22)18-20-6-2-1-3-7-20)27-16-14-26(15-17-27)24-9-5-4-8-23(24)19-29-26/h1-13H,14-19H2. The molecule has 5 rings (SSSR count). The van der Waals surface area contributed by atoms with Gasteiger partial charge in [-0.3, -0.25) is 4.79 Å². The predicted octanol–water partition coefficient (Wildman–Crippen LogP) is 4.94. The first-order chi connectivity index (χ1) is 14.2. The quantitative estimate of drug-likeness (QED) is 0.641. The van der Waals surface area contributed by atoms with E-state index in [2.05, 4.69) is 60.7 Å². The lowest BCUT2D eigenvalue weighted by Crippen LogP contribution is -2.45. The van der Waals surface area contributed by atoms with Crippen LogP contribution >= 0.6 is 0 Å². The van der Waals surface area contributed by atoms with Crippen LogP contribution in [0.3, 0.4) is 0 Å². The maximum atomic E-state index is 13.0. The number of hydrogen-bond donors (Lipinski definition) is 0. The highest BCUT2D eigenvalue weighted by molar-refractivity contribution is 5.94. The molecule has 0 atom stereocenters. The second kappa shape index (κ2) is 7.49. The highest BCUT2D eigenvalue weighted by Gasteiger charge is 2.43. The van der Waals surface area contributed by atoms with Gasteiger partial charge in [0.1, 0.15) is 0 Å². The third kappa shape index (κ3) is 3.47. The summed E-state index contributed by atoms with van der Waals surface area (Å²) in [7, 11) is 0. The van der Waals surface area contributed by atoms with Crippen molar-refractivity contribution in [3.8, 4) is 0 Å². The van der Waals surface area contributed by atoms with Crippen LogP contribution in [0.5, 0.6) is 0 Å². The number of nitrogens with zero attached hydrogens (tertiary/aromatic N) is 1. The van der Waals surface area contributed by atoms with Crippen LogP contribution in [-0.4, -0.2) is 23.9 Å². The molecule has 2 aliphatic rings. The minimum absolute atomic E-state index is 0.123. The Labute approximate surface area is 171 Å². The van der Waals surface area contributed by atoms with E-state index in [-0.39, 0.29) is 11.5 Å². The summed E-state index contributed by atoms with van der Waals surface area (Å²) < 4.78 is 6.22. The van der Waals surface area contributed by atoms with Gasteiger partial charge in [0.2, 0.25) is 0 Å². The van der Waals surface area contributed by atoms with Crippen molar-refractivity contribution >= 4 is 5.91 Å². The van der Waals surface area contributed by atoms with E-state index in [1.54, 1.807) is 0 Å². The molecule has 3 aromatic rings. The lowest BCUT2D eigenvalue weighted by Gasteiger charge is -2.39. The second-order valence-corrected chi connectivity index (χ2v) is 8.09. The summed E-state index contributed by atoms with van der Waals surface area (Å²) in [5.41, 5.74) is 5.68. The molecule has 3 nitrogen and oxygen atoms in total. The fourth-order valence-electron chi connectivity index (χ4n) is 4.65. The van der Waals surface area contributed by atoms with Crippen LogP contribution in [0, 0.1) is 0 Å². The number of rotatable bonds is 3. The van der Waals surface area contributed by atoms with Crippen LogP contribution in [0.25, 0.3) is 0 Å². The molecule has 0 unspecified atom stereocenters. The van der Waals surface area contributed by atoms with Gasteiger partial charge in [0.25, 0.3) is 5.91 Å². The molecular formula is C26H25NO2. The second-order valence-electron chi connectivity index (χ2n) is 8.09. The zero-order chi connectivity index (χ0) is 19.7. The molecule has 3 aromatic carbocycles. The van der Waals surface area contributed by atoms with Gasteiger partial charge in [0.15, 0.2) is 0 Å². The molecule has 3 heteroatoms. The lowest BCUT2D eigenvalue weighted by atomic mass is 9.83. The van der Waals surface area contributed by atoms with Crippen molar-refractivity contribution in [2.75, 3.05) is 13.1 Å². The summed E-state index contributed by atoms with van der Waals surface area (Å²) in [6.45, 7) is 2.16. The third-order valence-corrected chi connectivity index (χ3v) is 6.32. The molecule has 146 valence electrons. The average Bonchev–Trinajstić information content (AvgIpc) is 3.13. The Morgan fingerprint density at radius 3 is 2.24 bits per heavy atom. The molecule has 29 heavy (non-hydrogen) atoms. The van der Waals surface area contributed by atoms with Gasteiger partial charge < -0.3 is 9.64 Å². The Balaban J connectivity index is 1.24. The van der Waals surface area contributed by atoms with Crippen LogP contribution in [0.1, 0.15) is 45.5 Å². The van der Waals surface area contributed by atoms with E-state index in [0.29, 0.717) is 6.61 Å². The molecule has 0 aliphatic carbocycles. The molecule has 0 radical (unpaired) electrons. The molecular weight excluding hydrogens is 358 g/mol. The normalized spacial score (nSPS) is 17.3. The Morgan fingerprint density at radius 2 is 1.48 bits per heavy atom. The van der Waals surface area contributed by atoms with E-state index in [1.165, 1.54) is 22.3 Å². The zero-order valence-corrected chi connectivity index (χ0v) is 16.5. The smallest absolute Gasteiger partial charge is 0.253 e. The molecule has 0 aromatic heterocycles. The fraction of sp³-hybridized carbons (Fsp3) is 0.269. The number of likely N-dealkylation sites (tertiary alicyclic amines) is 1.